The van der Waals surface area contributed by atoms with Crippen LogP contribution in [-0.2, 0) is 0 Å². The van der Waals surface area contributed by atoms with E-state index in [-0.39, 0.29) is 5.41 Å². The van der Waals surface area contributed by atoms with Crippen LogP contribution in [0.3, 0.4) is 0 Å². The Morgan fingerprint density at radius 2 is 2.00 bits per heavy atom. The fraction of sp³-hybridized carbons (Fsp3) is 0.278. The summed E-state index contributed by atoms with van der Waals surface area (Å²) in [5, 5.41) is 10.0. The topological polar surface area (TPSA) is 79.8 Å². The number of nitriles is 1. The number of nitrogens with zero attached hydrogens (tertiary/aromatic N) is 2. The number of rotatable bonds is 2. The minimum absolute atomic E-state index is 0.131. The van der Waals surface area contributed by atoms with E-state index in [1.165, 1.54) is 11.3 Å². The number of aromatic nitrogens is 1. The number of aryl methyl sites for hydroxylation is 1. The molecule has 1 aromatic carbocycles. The van der Waals surface area contributed by atoms with E-state index in [0.29, 0.717) is 26.7 Å². The van der Waals surface area contributed by atoms with Gasteiger partial charge in [0.2, 0.25) is 0 Å². The number of carbonyl (C=O) groups is 1. The van der Waals surface area contributed by atoms with E-state index in [4.69, 9.17) is 5.73 Å². The van der Waals surface area contributed by atoms with Crippen LogP contribution in [0.4, 0.5) is 0 Å². The molecule has 2 N–H and O–H groups in total. The van der Waals surface area contributed by atoms with Gasteiger partial charge in [0.1, 0.15) is 16.0 Å². The summed E-state index contributed by atoms with van der Waals surface area (Å²) in [6.45, 7) is 7.80. The van der Waals surface area contributed by atoms with Gasteiger partial charge in [-0.2, -0.15) is 5.26 Å². The molecule has 0 fully saturated rings. The summed E-state index contributed by atoms with van der Waals surface area (Å²) in [5.74, 6) is 5.69. The molecule has 4 nitrogen and oxygen atoms in total. The molecule has 1 amide bonds. The number of amides is 1. The maximum atomic E-state index is 11.3. The lowest BCUT2D eigenvalue weighted by Gasteiger charge is -2.07. The number of benzene rings is 1. The zero-order chi connectivity index (χ0) is 17.2. The van der Waals surface area contributed by atoms with E-state index >= 15 is 0 Å². The maximum absolute atomic E-state index is 11.3. The Morgan fingerprint density at radius 3 is 2.52 bits per heavy atom. The summed E-state index contributed by atoms with van der Waals surface area (Å²) in [6.07, 6.45) is 0. The van der Waals surface area contributed by atoms with Crippen LogP contribution < -0.4 is 5.73 Å². The molecule has 0 aliphatic carbocycles. The van der Waals surface area contributed by atoms with Crippen LogP contribution in [-0.4, -0.2) is 10.9 Å². The van der Waals surface area contributed by atoms with Crippen LogP contribution in [0, 0.1) is 35.5 Å². The summed E-state index contributed by atoms with van der Waals surface area (Å²) in [5.41, 5.74) is 7.76. The third-order valence-electron chi connectivity index (χ3n) is 2.98. The molecule has 0 saturated carbocycles. The highest BCUT2D eigenvalue weighted by atomic mass is 32.1. The average Bonchev–Trinajstić information content (AvgIpc) is 2.86. The maximum Gasteiger partial charge on any atom is 0.260 e. The number of hydrogen-bond acceptors (Lipinski definition) is 4. The highest BCUT2D eigenvalue weighted by molar-refractivity contribution is 7.17. The SMILES string of the molecule is Cc1nc(-c2ccc(C#CC(C)(C)C)c(C#N)c2)sc1C(N)=O. The van der Waals surface area contributed by atoms with Gasteiger partial charge in [-0.25, -0.2) is 4.98 Å². The molecule has 0 aliphatic rings. The van der Waals surface area contributed by atoms with Crippen molar-refractivity contribution in [3.8, 4) is 28.5 Å². The van der Waals surface area contributed by atoms with Gasteiger partial charge in [-0.1, -0.05) is 17.9 Å². The molecule has 0 spiro atoms. The van der Waals surface area contributed by atoms with Gasteiger partial charge in [-0.05, 0) is 39.8 Å². The van der Waals surface area contributed by atoms with Crippen LogP contribution >= 0.6 is 11.3 Å². The Kier molecular flexibility index (Phi) is 4.54. The predicted octanol–water partition coefficient (Wildman–Crippen LogP) is 3.49. The van der Waals surface area contributed by atoms with Crippen LogP contribution in [0.15, 0.2) is 18.2 Å². The standard InChI is InChI=1S/C18H17N3OS/c1-11-15(16(20)22)23-17(21-11)13-6-5-12(14(9-13)10-19)7-8-18(2,3)4/h5-6,9H,1-4H3,(H2,20,22). The van der Waals surface area contributed by atoms with Crippen molar-refractivity contribution in [1.82, 2.24) is 4.98 Å². The summed E-state index contributed by atoms with van der Waals surface area (Å²) in [7, 11) is 0. The molecule has 1 aromatic heterocycles. The smallest absolute Gasteiger partial charge is 0.260 e. The molecule has 0 radical (unpaired) electrons. The Hall–Kier alpha value is -2.63. The minimum atomic E-state index is -0.487. The molecule has 5 heteroatoms. The van der Waals surface area contributed by atoms with Crippen molar-refractivity contribution in [2.75, 3.05) is 0 Å². The van der Waals surface area contributed by atoms with Crippen LogP contribution in [0.5, 0.6) is 0 Å². The van der Waals surface area contributed by atoms with Crippen molar-refractivity contribution >= 4 is 17.2 Å². The van der Waals surface area contributed by atoms with Gasteiger partial charge >= 0.3 is 0 Å². The minimum Gasteiger partial charge on any atom is -0.365 e. The van der Waals surface area contributed by atoms with E-state index in [1.807, 2.05) is 32.9 Å². The van der Waals surface area contributed by atoms with E-state index < -0.39 is 5.91 Å². The first-order chi connectivity index (χ1) is 10.7. The fourth-order valence-electron chi connectivity index (χ4n) is 1.88. The molecule has 0 atom stereocenters. The second-order valence-electron chi connectivity index (χ2n) is 6.17. The van der Waals surface area contributed by atoms with Crippen molar-refractivity contribution in [1.29, 1.82) is 5.26 Å². The Labute approximate surface area is 140 Å². The molecule has 0 unspecified atom stereocenters. The summed E-state index contributed by atoms with van der Waals surface area (Å²) in [4.78, 5) is 16.1. The quantitative estimate of drug-likeness (QED) is 0.859. The fourth-order valence-corrected chi connectivity index (χ4v) is 2.80. The lowest BCUT2D eigenvalue weighted by Crippen LogP contribution is -2.09. The van der Waals surface area contributed by atoms with Gasteiger partial charge in [-0.3, -0.25) is 4.79 Å². The van der Waals surface area contributed by atoms with Crippen LogP contribution in [0.2, 0.25) is 0 Å². The summed E-state index contributed by atoms with van der Waals surface area (Å²) in [6, 6.07) is 7.59. The largest absolute Gasteiger partial charge is 0.365 e. The molecule has 116 valence electrons. The second kappa shape index (κ2) is 6.24. The third-order valence-corrected chi connectivity index (χ3v) is 4.20. The highest BCUT2D eigenvalue weighted by Crippen LogP contribution is 2.29. The first kappa shape index (κ1) is 16.7. The van der Waals surface area contributed by atoms with Crippen LogP contribution in [0.25, 0.3) is 10.6 Å². The molecule has 23 heavy (non-hydrogen) atoms. The number of thiazole rings is 1. The van der Waals surface area contributed by atoms with Gasteiger partial charge in [-0.15, -0.1) is 11.3 Å². The van der Waals surface area contributed by atoms with E-state index in [9.17, 15) is 10.1 Å². The molecule has 0 saturated heterocycles. The molecular weight excluding hydrogens is 306 g/mol. The van der Waals surface area contributed by atoms with Crippen molar-refractivity contribution in [3.05, 3.63) is 39.9 Å². The number of carbonyl (C=O) groups excluding carboxylic acids is 1. The summed E-state index contributed by atoms with van der Waals surface area (Å²) < 4.78 is 0. The lowest BCUT2D eigenvalue weighted by atomic mass is 9.96. The Morgan fingerprint density at radius 1 is 1.30 bits per heavy atom. The number of nitrogens with two attached hydrogens (primary N) is 1. The van der Waals surface area contributed by atoms with E-state index in [2.05, 4.69) is 22.9 Å². The van der Waals surface area contributed by atoms with Gasteiger partial charge in [0, 0.05) is 16.5 Å². The monoisotopic (exact) mass is 323 g/mol. The molecule has 0 aliphatic heterocycles. The zero-order valence-corrected chi connectivity index (χ0v) is 14.3. The first-order valence-electron chi connectivity index (χ1n) is 7.06. The predicted molar refractivity (Wildman–Crippen MR) is 91.9 cm³/mol. The molecule has 0 bridgehead atoms. The van der Waals surface area contributed by atoms with Crippen molar-refractivity contribution in [2.45, 2.75) is 27.7 Å². The number of primary amides is 1. The van der Waals surface area contributed by atoms with Gasteiger partial charge in [0.15, 0.2) is 0 Å². The normalized spacial score (nSPS) is 10.6. The zero-order valence-electron chi connectivity index (χ0n) is 13.5. The van der Waals surface area contributed by atoms with Crippen molar-refractivity contribution in [2.24, 2.45) is 11.1 Å². The van der Waals surface area contributed by atoms with E-state index in [0.717, 1.165) is 5.56 Å². The average molecular weight is 323 g/mol. The van der Waals surface area contributed by atoms with Gasteiger partial charge < -0.3 is 5.73 Å². The van der Waals surface area contributed by atoms with Crippen molar-refractivity contribution in [3.63, 3.8) is 0 Å². The molecular formula is C18H17N3OS. The third kappa shape index (κ3) is 3.97. The second-order valence-corrected chi connectivity index (χ2v) is 7.17. The molecule has 2 aromatic rings. The van der Waals surface area contributed by atoms with Gasteiger partial charge in [0.25, 0.3) is 5.91 Å². The van der Waals surface area contributed by atoms with Crippen molar-refractivity contribution < 1.29 is 4.79 Å². The summed E-state index contributed by atoms with van der Waals surface area (Å²) >= 11 is 1.23. The Bertz CT molecular complexity index is 870. The molecule has 1 heterocycles. The first-order valence-corrected chi connectivity index (χ1v) is 7.88. The van der Waals surface area contributed by atoms with E-state index in [1.54, 1.807) is 13.0 Å². The number of hydrogen-bond donors (Lipinski definition) is 1. The Balaban J connectivity index is 2.47. The molecule has 2 rings (SSSR count). The van der Waals surface area contributed by atoms with Crippen LogP contribution in [0.1, 0.15) is 47.3 Å². The lowest BCUT2D eigenvalue weighted by molar-refractivity contribution is 0.100. The highest BCUT2D eigenvalue weighted by Gasteiger charge is 2.14. The van der Waals surface area contributed by atoms with Gasteiger partial charge in [0.05, 0.1) is 11.3 Å².